The lowest BCUT2D eigenvalue weighted by Gasteiger charge is -2.36. The SMILES string of the molecule is C[C@@H]1CN(c2ccc(C(=O)N3CCC[C@H]3C3CCCC3)cn2)C[C@@H](C)O1. The summed E-state index contributed by atoms with van der Waals surface area (Å²) in [6.07, 6.45) is 9.74. The van der Waals surface area contributed by atoms with Crippen molar-refractivity contribution in [2.45, 2.75) is 70.6 Å². The first-order valence-corrected chi connectivity index (χ1v) is 10.3. The van der Waals surface area contributed by atoms with Gasteiger partial charge in [-0.05, 0) is 57.6 Å². The third-order valence-electron chi connectivity index (χ3n) is 6.24. The Morgan fingerprint density at radius 1 is 1.08 bits per heavy atom. The van der Waals surface area contributed by atoms with Gasteiger partial charge in [-0.1, -0.05) is 12.8 Å². The van der Waals surface area contributed by atoms with Gasteiger partial charge in [0.1, 0.15) is 5.82 Å². The summed E-state index contributed by atoms with van der Waals surface area (Å²) in [4.78, 5) is 22.1. The van der Waals surface area contributed by atoms with Gasteiger partial charge in [0.25, 0.3) is 5.91 Å². The van der Waals surface area contributed by atoms with Gasteiger partial charge >= 0.3 is 0 Å². The van der Waals surface area contributed by atoms with Gasteiger partial charge < -0.3 is 14.5 Å². The van der Waals surface area contributed by atoms with Crippen LogP contribution in [0.2, 0.25) is 0 Å². The lowest BCUT2D eigenvalue weighted by molar-refractivity contribution is -0.00546. The number of aromatic nitrogens is 1. The zero-order valence-corrected chi connectivity index (χ0v) is 16.1. The summed E-state index contributed by atoms with van der Waals surface area (Å²) in [5.74, 6) is 1.82. The van der Waals surface area contributed by atoms with Crippen LogP contribution < -0.4 is 4.90 Å². The number of carbonyl (C=O) groups excluding carboxylic acids is 1. The minimum Gasteiger partial charge on any atom is -0.372 e. The number of hydrogen-bond acceptors (Lipinski definition) is 4. The molecule has 4 rings (SSSR count). The highest BCUT2D eigenvalue weighted by Crippen LogP contribution is 2.36. The highest BCUT2D eigenvalue weighted by molar-refractivity contribution is 5.94. The van der Waals surface area contributed by atoms with Crippen LogP contribution in [-0.2, 0) is 4.74 Å². The molecule has 1 aromatic heterocycles. The number of amides is 1. The number of hydrogen-bond donors (Lipinski definition) is 0. The Hall–Kier alpha value is -1.62. The molecular formula is C21H31N3O2. The zero-order chi connectivity index (χ0) is 18.1. The predicted octanol–water partition coefficient (Wildman–Crippen LogP) is 3.49. The fourth-order valence-corrected chi connectivity index (χ4v) is 5.11. The molecule has 2 saturated heterocycles. The standard InChI is InChI=1S/C21H31N3O2/c1-15-13-23(14-16(2)26-15)20-10-9-18(12-22-20)21(25)24-11-5-8-19(24)17-6-3-4-7-17/h9-10,12,15-17,19H,3-8,11,13-14H2,1-2H3/t15-,16-,19+/m1/s1. The Kier molecular flexibility index (Phi) is 5.16. The average molecular weight is 357 g/mol. The van der Waals surface area contributed by atoms with Crippen molar-refractivity contribution in [1.29, 1.82) is 0 Å². The first-order chi connectivity index (χ1) is 12.6. The molecule has 1 saturated carbocycles. The van der Waals surface area contributed by atoms with Gasteiger partial charge in [0.2, 0.25) is 0 Å². The molecule has 5 heteroatoms. The number of likely N-dealkylation sites (tertiary alicyclic amines) is 1. The smallest absolute Gasteiger partial charge is 0.255 e. The molecule has 1 aliphatic carbocycles. The van der Waals surface area contributed by atoms with Crippen molar-refractivity contribution in [1.82, 2.24) is 9.88 Å². The van der Waals surface area contributed by atoms with Gasteiger partial charge in [-0.2, -0.15) is 0 Å². The number of morpholine rings is 1. The molecule has 3 heterocycles. The van der Waals surface area contributed by atoms with E-state index in [-0.39, 0.29) is 18.1 Å². The monoisotopic (exact) mass is 357 g/mol. The lowest BCUT2D eigenvalue weighted by Crippen LogP contribution is -2.45. The van der Waals surface area contributed by atoms with Gasteiger partial charge in [-0.3, -0.25) is 4.79 Å². The van der Waals surface area contributed by atoms with Crippen LogP contribution in [-0.4, -0.2) is 53.7 Å². The van der Waals surface area contributed by atoms with E-state index in [4.69, 9.17) is 4.74 Å². The van der Waals surface area contributed by atoms with Crippen LogP contribution in [0.15, 0.2) is 18.3 Å². The molecule has 0 radical (unpaired) electrons. The molecule has 1 amide bonds. The van der Waals surface area contributed by atoms with Crippen molar-refractivity contribution in [2.24, 2.45) is 5.92 Å². The van der Waals surface area contributed by atoms with E-state index in [1.807, 2.05) is 12.1 Å². The van der Waals surface area contributed by atoms with Crippen LogP contribution >= 0.6 is 0 Å². The molecular weight excluding hydrogens is 326 g/mol. The van der Waals surface area contributed by atoms with E-state index in [0.717, 1.165) is 37.4 Å². The number of ether oxygens (including phenoxy) is 1. The van der Waals surface area contributed by atoms with Crippen LogP contribution in [0.4, 0.5) is 5.82 Å². The Morgan fingerprint density at radius 3 is 2.46 bits per heavy atom. The van der Waals surface area contributed by atoms with E-state index in [2.05, 4.69) is 28.6 Å². The Balaban J connectivity index is 1.45. The summed E-state index contributed by atoms with van der Waals surface area (Å²) in [7, 11) is 0. The van der Waals surface area contributed by atoms with Gasteiger partial charge in [0, 0.05) is 31.9 Å². The fourth-order valence-electron chi connectivity index (χ4n) is 5.11. The lowest BCUT2D eigenvalue weighted by atomic mass is 9.95. The number of rotatable bonds is 3. The first-order valence-electron chi connectivity index (χ1n) is 10.3. The van der Waals surface area contributed by atoms with E-state index in [1.54, 1.807) is 6.20 Å². The molecule has 3 fully saturated rings. The molecule has 3 atom stereocenters. The minimum absolute atomic E-state index is 0.169. The van der Waals surface area contributed by atoms with Crippen molar-refractivity contribution in [3.8, 4) is 0 Å². The summed E-state index contributed by atoms with van der Waals surface area (Å²) in [5.41, 5.74) is 0.730. The second-order valence-corrected chi connectivity index (χ2v) is 8.32. The number of pyridine rings is 1. The number of anilines is 1. The van der Waals surface area contributed by atoms with Crippen LogP contribution in [0.25, 0.3) is 0 Å². The Bertz CT molecular complexity index is 617. The van der Waals surface area contributed by atoms with Crippen molar-refractivity contribution in [2.75, 3.05) is 24.5 Å². The van der Waals surface area contributed by atoms with Crippen LogP contribution in [0, 0.1) is 5.92 Å². The summed E-state index contributed by atoms with van der Waals surface area (Å²) < 4.78 is 5.80. The summed E-state index contributed by atoms with van der Waals surface area (Å²) >= 11 is 0. The molecule has 0 bridgehead atoms. The molecule has 142 valence electrons. The van der Waals surface area contributed by atoms with E-state index in [9.17, 15) is 4.79 Å². The normalized spacial score (nSPS) is 30.2. The maximum atomic E-state index is 13.1. The third kappa shape index (κ3) is 3.59. The van der Waals surface area contributed by atoms with Crippen LogP contribution in [0.1, 0.15) is 62.7 Å². The molecule has 0 aromatic carbocycles. The van der Waals surface area contributed by atoms with Crippen LogP contribution in [0.3, 0.4) is 0 Å². The zero-order valence-electron chi connectivity index (χ0n) is 16.1. The predicted molar refractivity (Wildman–Crippen MR) is 102 cm³/mol. The Labute approximate surface area is 156 Å². The highest BCUT2D eigenvalue weighted by Gasteiger charge is 2.36. The summed E-state index contributed by atoms with van der Waals surface area (Å²) in [6.45, 7) is 6.79. The van der Waals surface area contributed by atoms with Gasteiger partial charge in [-0.15, -0.1) is 0 Å². The maximum Gasteiger partial charge on any atom is 0.255 e. The summed E-state index contributed by atoms with van der Waals surface area (Å²) in [5, 5.41) is 0. The largest absolute Gasteiger partial charge is 0.372 e. The fraction of sp³-hybridized carbons (Fsp3) is 0.714. The van der Waals surface area contributed by atoms with Crippen molar-refractivity contribution >= 4 is 11.7 Å². The van der Waals surface area contributed by atoms with E-state index in [0.29, 0.717) is 12.0 Å². The van der Waals surface area contributed by atoms with Gasteiger partial charge in [0.05, 0.1) is 17.8 Å². The van der Waals surface area contributed by atoms with Crippen molar-refractivity contribution < 1.29 is 9.53 Å². The van der Waals surface area contributed by atoms with E-state index < -0.39 is 0 Å². The molecule has 5 nitrogen and oxygen atoms in total. The molecule has 1 aromatic rings. The number of carbonyl (C=O) groups is 1. The second-order valence-electron chi connectivity index (χ2n) is 8.32. The van der Waals surface area contributed by atoms with Gasteiger partial charge in [-0.25, -0.2) is 4.98 Å². The first kappa shape index (κ1) is 17.8. The van der Waals surface area contributed by atoms with Crippen molar-refractivity contribution in [3.05, 3.63) is 23.9 Å². The van der Waals surface area contributed by atoms with E-state index >= 15 is 0 Å². The van der Waals surface area contributed by atoms with Gasteiger partial charge in [0.15, 0.2) is 0 Å². The maximum absolute atomic E-state index is 13.1. The highest BCUT2D eigenvalue weighted by atomic mass is 16.5. The second kappa shape index (κ2) is 7.55. The molecule has 0 unspecified atom stereocenters. The molecule has 2 aliphatic heterocycles. The minimum atomic E-state index is 0.169. The molecule has 26 heavy (non-hydrogen) atoms. The molecule has 0 N–H and O–H groups in total. The van der Waals surface area contributed by atoms with E-state index in [1.165, 1.54) is 32.1 Å². The van der Waals surface area contributed by atoms with Crippen molar-refractivity contribution in [3.63, 3.8) is 0 Å². The number of nitrogens with zero attached hydrogens (tertiary/aromatic N) is 3. The average Bonchev–Trinajstić information content (AvgIpc) is 3.31. The molecule has 0 spiro atoms. The Morgan fingerprint density at radius 2 is 1.81 bits per heavy atom. The molecule has 3 aliphatic rings. The summed E-state index contributed by atoms with van der Waals surface area (Å²) in [6, 6.07) is 4.41. The topological polar surface area (TPSA) is 45.7 Å². The quantitative estimate of drug-likeness (QED) is 0.831. The van der Waals surface area contributed by atoms with Crippen LogP contribution in [0.5, 0.6) is 0 Å². The third-order valence-corrected chi connectivity index (χ3v) is 6.24.